The van der Waals surface area contributed by atoms with Gasteiger partial charge in [0.2, 0.25) is 5.88 Å². The van der Waals surface area contributed by atoms with E-state index in [1.54, 1.807) is 6.20 Å². The molecule has 2 aliphatic rings. The van der Waals surface area contributed by atoms with E-state index in [2.05, 4.69) is 23.0 Å². The summed E-state index contributed by atoms with van der Waals surface area (Å²) in [4.78, 5) is 23.4. The summed E-state index contributed by atoms with van der Waals surface area (Å²) in [6.07, 6.45) is 7.62. The van der Waals surface area contributed by atoms with Crippen LogP contribution in [0.5, 0.6) is 5.88 Å². The van der Waals surface area contributed by atoms with Gasteiger partial charge in [-0.15, -0.1) is 0 Å². The number of anilines is 1. The molecule has 1 saturated carbocycles. The summed E-state index contributed by atoms with van der Waals surface area (Å²) in [5.41, 5.74) is 2.59. The third-order valence-corrected chi connectivity index (χ3v) is 5.03. The zero-order chi connectivity index (χ0) is 17.2. The normalized spacial score (nSPS) is 19.9. The van der Waals surface area contributed by atoms with Crippen LogP contribution in [0.3, 0.4) is 0 Å². The Labute approximate surface area is 148 Å². The zero-order valence-corrected chi connectivity index (χ0v) is 14.5. The molecule has 1 unspecified atom stereocenters. The molecule has 0 saturated heterocycles. The summed E-state index contributed by atoms with van der Waals surface area (Å²) in [6.45, 7) is 3.62. The van der Waals surface area contributed by atoms with Gasteiger partial charge < -0.3 is 9.64 Å². The molecule has 2 aromatic rings. The van der Waals surface area contributed by atoms with Crippen molar-refractivity contribution in [2.24, 2.45) is 5.92 Å². The van der Waals surface area contributed by atoms with Crippen LogP contribution in [0.1, 0.15) is 54.6 Å². The van der Waals surface area contributed by atoms with E-state index < -0.39 is 0 Å². The van der Waals surface area contributed by atoms with Crippen LogP contribution in [0.15, 0.2) is 36.7 Å². The second-order valence-electron chi connectivity index (χ2n) is 7.05. The van der Waals surface area contributed by atoms with Crippen molar-refractivity contribution in [1.29, 1.82) is 0 Å². The molecule has 5 nitrogen and oxygen atoms in total. The van der Waals surface area contributed by atoms with Crippen LogP contribution in [-0.4, -0.2) is 29.0 Å². The van der Waals surface area contributed by atoms with Gasteiger partial charge in [-0.05, 0) is 49.1 Å². The fourth-order valence-electron chi connectivity index (χ4n) is 3.32. The fourth-order valence-corrected chi connectivity index (χ4v) is 3.32. The number of carbonyl (C=O) groups is 1. The molecule has 2 heterocycles. The Bertz CT molecular complexity index is 756. The standard InChI is InChI=1S/C20H23N3O2/c1-14-5-4-10-23(18-7-3-2-6-16(14)18)20(24)17-11-22-19(12-21-17)25-13-15-8-9-15/h2-3,6-7,11-12,14-15H,4-5,8-10,13H2,1H3. The summed E-state index contributed by atoms with van der Waals surface area (Å²) in [6, 6.07) is 8.16. The first-order chi connectivity index (χ1) is 12.2. The first-order valence-corrected chi connectivity index (χ1v) is 9.08. The lowest BCUT2D eigenvalue weighted by atomic mass is 9.96. The van der Waals surface area contributed by atoms with Gasteiger partial charge in [-0.2, -0.15) is 0 Å². The highest BCUT2D eigenvalue weighted by atomic mass is 16.5. The molecule has 1 atom stereocenters. The SMILES string of the molecule is CC1CCCN(C(=O)c2cnc(OCC3CC3)cn2)c2ccccc21. The number of para-hydroxylation sites is 1. The Morgan fingerprint density at radius 3 is 2.80 bits per heavy atom. The third-order valence-electron chi connectivity index (χ3n) is 5.03. The lowest BCUT2D eigenvalue weighted by Crippen LogP contribution is -2.32. The van der Waals surface area contributed by atoms with Gasteiger partial charge in [0, 0.05) is 12.2 Å². The highest BCUT2D eigenvalue weighted by Crippen LogP contribution is 2.34. The minimum Gasteiger partial charge on any atom is -0.476 e. The third kappa shape index (κ3) is 3.50. The van der Waals surface area contributed by atoms with Crippen LogP contribution in [0.25, 0.3) is 0 Å². The highest BCUT2D eigenvalue weighted by molar-refractivity contribution is 6.05. The number of fused-ring (bicyclic) bond motifs is 1. The molecule has 130 valence electrons. The minimum atomic E-state index is -0.0946. The molecular weight excluding hydrogens is 314 g/mol. The summed E-state index contributed by atoms with van der Waals surface area (Å²) >= 11 is 0. The van der Waals surface area contributed by atoms with E-state index in [0.29, 0.717) is 36.6 Å². The van der Waals surface area contributed by atoms with Gasteiger partial charge in [0.1, 0.15) is 5.69 Å². The van der Waals surface area contributed by atoms with Gasteiger partial charge in [0.15, 0.2) is 0 Å². The molecule has 1 aliphatic carbocycles. The van der Waals surface area contributed by atoms with Crippen LogP contribution in [0.4, 0.5) is 5.69 Å². The maximum absolute atomic E-state index is 13.0. The average molecular weight is 337 g/mol. The van der Waals surface area contributed by atoms with E-state index >= 15 is 0 Å². The van der Waals surface area contributed by atoms with Crippen molar-refractivity contribution in [3.8, 4) is 5.88 Å². The first kappa shape index (κ1) is 16.1. The summed E-state index contributed by atoms with van der Waals surface area (Å²) in [7, 11) is 0. The number of benzene rings is 1. The van der Waals surface area contributed by atoms with Gasteiger partial charge in [-0.25, -0.2) is 9.97 Å². The molecule has 1 aromatic carbocycles. The number of hydrogen-bond donors (Lipinski definition) is 0. The molecule has 1 aromatic heterocycles. The quantitative estimate of drug-likeness (QED) is 0.851. The number of amides is 1. The molecule has 5 heteroatoms. The molecular formula is C20H23N3O2. The van der Waals surface area contributed by atoms with Crippen LogP contribution >= 0.6 is 0 Å². The fraction of sp³-hybridized carbons (Fsp3) is 0.450. The maximum atomic E-state index is 13.0. The predicted molar refractivity (Wildman–Crippen MR) is 96.0 cm³/mol. The molecule has 0 spiro atoms. The van der Waals surface area contributed by atoms with Crippen molar-refractivity contribution >= 4 is 11.6 Å². The maximum Gasteiger partial charge on any atom is 0.278 e. The molecule has 1 amide bonds. The summed E-state index contributed by atoms with van der Waals surface area (Å²) in [5.74, 6) is 1.52. The average Bonchev–Trinajstić information content (AvgIpc) is 3.48. The molecule has 4 rings (SSSR count). The van der Waals surface area contributed by atoms with Crippen molar-refractivity contribution < 1.29 is 9.53 Å². The molecule has 0 radical (unpaired) electrons. The number of carbonyl (C=O) groups excluding carboxylic acids is 1. The van der Waals surface area contributed by atoms with Crippen LogP contribution in [-0.2, 0) is 0 Å². The van der Waals surface area contributed by atoms with Crippen molar-refractivity contribution in [1.82, 2.24) is 9.97 Å². The highest BCUT2D eigenvalue weighted by Gasteiger charge is 2.26. The lowest BCUT2D eigenvalue weighted by Gasteiger charge is -2.23. The Kier molecular flexibility index (Phi) is 4.38. The summed E-state index contributed by atoms with van der Waals surface area (Å²) < 4.78 is 5.60. The van der Waals surface area contributed by atoms with Crippen molar-refractivity contribution in [2.45, 2.75) is 38.5 Å². The van der Waals surface area contributed by atoms with E-state index in [1.165, 1.54) is 24.6 Å². The van der Waals surface area contributed by atoms with Gasteiger partial charge in [-0.1, -0.05) is 25.1 Å². The number of hydrogen-bond acceptors (Lipinski definition) is 4. The smallest absolute Gasteiger partial charge is 0.278 e. The predicted octanol–water partition coefficient (Wildman–Crippen LogP) is 3.81. The number of aromatic nitrogens is 2. The second kappa shape index (κ2) is 6.82. The zero-order valence-electron chi connectivity index (χ0n) is 14.5. The van der Waals surface area contributed by atoms with E-state index in [0.717, 1.165) is 18.5 Å². The van der Waals surface area contributed by atoms with E-state index in [9.17, 15) is 4.79 Å². The molecule has 1 aliphatic heterocycles. The Morgan fingerprint density at radius 2 is 2.04 bits per heavy atom. The van der Waals surface area contributed by atoms with Gasteiger partial charge in [0.05, 0.1) is 19.0 Å². The molecule has 0 bridgehead atoms. The van der Waals surface area contributed by atoms with Crippen molar-refractivity contribution in [2.75, 3.05) is 18.1 Å². The Morgan fingerprint density at radius 1 is 1.20 bits per heavy atom. The van der Waals surface area contributed by atoms with E-state index in [4.69, 9.17) is 4.74 Å². The van der Waals surface area contributed by atoms with Gasteiger partial charge in [0.25, 0.3) is 5.91 Å². The largest absolute Gasteiger partial charge is 0.476 e. The van der Waals surface area contributed by atoms with Crippen molar-refractivity contribution in [3.05, 3.63) is 47.9 Å². The molecule has 1 fully saturated rings. The van der Waals surface area contributed by atoms with Crippen LogP contribution in [0, 0.1) is 5.92 Å². The van der Waals surface area contributed by atoms with Crippen LogP contribution in [0.2, 0.25) is 0 Å². The number of nitrogens with zero attached hydrogens (tertiary/aromatic N) is 3. The number of ether oxygens (including phenoxy) is 1. The van der Waals surface area contributed by atoms with Gasteiger partial charge in [-0.3, -0.25) is 4.79 Å². The van der Waals surface area contributed by atoms with Crippen LogP contribution < -0.4 is 9.64 Å². The second-order valence-corrected chi connectivity index (χ2v) is 7.05. The Balaban J connectivity index is 1.54. The summed E-state index contributed by atoms with van der Waals surface area (Å²) in [5, 5.41) is 0. The number of rotatable bonds is 4. The topological polar surface area (TPSA) is 55.3 Å². The van der Waals surface area contributed by atoms with Gasteiger partial charge >= 0.3 is 0 Å². The lowest BCUT2D eigenvalue weighted by molar-refractivity contribution is 0.0981. The first-order valence-electron chi connectivity index (χ1n) is 9.08. The van der Waals surface area contributed by atoms with Crippen molar-refractivity contribution in [3.63, 3.8) is 0 Å². The van der Waals surface area contributed by atoms with E-state index in [1.807, 2.05) is 23.1 Å². The molecule has 0 N–H and O–H groups in total. The monoisotopic (exact) mass is 337 g/mol. The minimum absolute atomic E-state index is 0.0946. The molecule has 25 heavy (non-hydrogen) atoms. The van der Waals surface area contributed by atoms with E-state index in [-0.39, 0.29) is 5.91 Å². The Hall–Kier alpha value is -2.43.